The van der Waals surface area contributed by atoms with Gasteiger partial charge in [-0.15, -0.1) is 5.06 Å². The van der Waals surface area contributed by atoms with Gasteiger partial charge in [0, 0.05) is 14.1 Å². The number of carbonyl (C=O) groups excluding carboxylic acids is 2. The van der Waals surface area contributed by atoms with Gasteiger partial charge in [0.25, 0.3) is 5.91 Å². The van der Waals surface area contributed by atoms with Crippen molar-refractivity contribution in [2.24, 2.45) is 5.73 Å². The van der Waals surface area contributed by atoms with Crippen LogP contribution in [0.4, 0.5) is 10.5 Å². The second kappa shape index (κ2) is 4.66. The number of hydroxylamine groups is 1. The van der Waals surface area contributed by atoms with E-state index in [1.54, 1.807) is 26.2 Å². The van der Waals surface area contributed by atoms with Gasteiger partial charge in [0.1, 0.15) is 0 Å². The number of fused-ring (bicyclic) bond motifs is 1. The van der Waals surface area contributed by atoms with Gasteiger partial charge in [0.15, 0.2) is 0 Å². The summed E-state index contributed by atoms with van der Waals surface area (Å²) in [6, 6.07) is 6.53. The van der Waals surface area contributed by atoms with Crippen LogP contribution in [0.2, 0.25) is 0 Å². The van der Waals surface area contributed by atoms with Crippen LogP contribution >= 0.6 is 0 Å². The molecule has 1 aromatic carbocycles. The highest BCUT2D eigenvalue weighted by molar-refractivity contribution is 5.99. The summed E-state index contributed by atoms with van der Waals surface area (Å²) in [5.74, 6) is -0.413. The van der Waals surface area contributed by atoms with Crippen LogP contribution in [0.15, 0.2) is 24.3 Å². The SMILES string of the molecule is CN(C)C(=O)ON1C(=O)C(N)Cc2ccccc21. The molecule has 0 radical (unpaired) electrons. The van der Waals surface area contributed by atoms with E-state index in [0.717, 1.165) is 10.6 Å². The van der Waals surface area contributed by atoms with E-state index in [1.165, 1.54) is 4.90 Å². The summed E-state index contributed by atoms with van der Waals surface area (Å²) in [6.45, 7) is 0. The summed E-state index contributed by atoms with van der Waals surface area (Å²) in [4.78, 5) is 29.8. The Labute approximate surface area is 105 Å². The first-order valence-electron chi connectivity index (χ1n) is 5.57. The molecule has 6 heteroatoms. The Bertz CT molecular complexity index is 487. The zero-order valence-electron chi connectivity index (χ0n) is 10.3. The highest BCUT2D eigenvalue weighted by Gasteiger charge is 2.33. The van der Waals surface area contributed by atoms with Gasteiger partial charge in [-0.1, -0.05) is 18.2 Å². The van der Waals surface area contributed by atoms with Gasteiger partial charge in [-0.25, -0.2) is 4.79 Å². The monoisotopic (exact) mass is 249 g/mol. The van der Waals surface area contributed by atoms with Crippen molar-refractivity contribution >= 4 is 17.7 Å². The molecule has 2 N–H and O–H groups in total. The van der Waals surface area contributed by atoms with E-state index in [1.807, 2.05) is 12.1 Å². The van der Waals surface area contributed by atoms with Crippen LogP contribution in [0.3, 0.4) is 0 Å². The predicted molar refractivity (Wildman–Crippen MR) is 65.8 cm³/mol. The van der Waals surface area contributed by atoms with E-state index in [0.29, 0.717) is 12.1 Å². The molecule has 1 aliphatic heterocycles. The molecule has 0 saturated heterocycles. The third-order valence-electron chi connectivity index (χ3n) is 2.70. The number of nitrogens with two attached hydrogens (primary N) is 1. The van der Waals surface area contributed by atoms with Crippen molar-refractivity contribution in [2.45, 2.75) is 12.5 Å². The van der Waals surface area contributed by atoms with E-state index in [4.69, 9.17) is 10.6 Å². The van der Waals surface area contributed by atoms with E-state index < -0.39 is 18.0 Å². The van der Waals surface area contributed by atoms with Crippen molar-refractivity contribution in [1.82, 2.24) is 4.90 Å². The fourth-order valence-corrected chi connectivity index (χ4v) is 1.73. The smallest absolute Gasteiger partial charge is 0.320 e. The molecule has 2 rings (SSSR count). The molecular formula is C12H15N3O3. The van der Waals surface area contributed by atoms with Gasteiger partial charge >= 0.3 is 6.09 Å². The lowest BCUT2D eigenvalue weighted by Gasteiger charge is -2.31. The lowest BCUT2D eigenvalue weighted by Crippen LogP contribution is -2.50. The fourth-order valence-electron chi connectivity index (χ4n) is 1.73. The normalized spacial score (nSPS) is 18.3. The molecule has 0 fully saturated rings. The maximum atomic E-state index is 12.0. The lowest BCUT2D eigenvalue weighted by molar-refractivity contribution is -0.125. The largest absolute Gasteiger partial charge is 0.434 e. The van der Waals surface area contributed by atoms with Gasteiger partial charge in [-0.3, -0.25) is 4.79 Å². The molecule has 0 saturated carbocycles. The Morgan fingerprint density at radius 3 is 2.78 bits per heavy atom. The first-order chi connectivity index (χ1) is 8.50. The molecule has 1 unspecified atom stereocenters. The molecule has 0 spiro atoms. The molecule has 0 aliphatic carbocycles. The van der Waals surface area contributed by atoms with Crippen molar-refractivity contribution in [2.75, 3.05) is 19.2 Å². The summed E-state index contributed by atoms with van der Waals surface area (Å²) in [5, 5.41) is 0.978. The Morgan fingerprint density at radius 2 is 2.11 bits per heavy atom. The highest BCUT2D eigenvalue weighted by atomic mass is 16.7. The second-order valence-corrected chi connectivity index (χ2v) is 4.32. The summed E-state index contributed by atoms with van der Waals surface area (Å²) >= 11 is 0. The third-order valence-corrected chi connectivity index (χ3v) is 2.70. The van der Waals surface area contributed by atoms with Gasteiger partial charge in [0.2, 0.25) is 0 Å². The Hall–Kier alpha value is -2.08. The maximum absolute atomic E-state index is 12.0. The van der Waals surface area contributed by atoms with Gasteiger partial charge < -0.3 is 15.5 Å². The number of carbonyl (C=O) groups is 2. The van der Waals surface area contributed by atoms with Crippen LogP contribution < -0.4 is 10.8 Å². The predicted octanol–water partition coefficient (Wildman–Crippen LogP) is 0.516. The van der Waals surface area contributed by atoms with Crippen LogP contribution in [0, 0.1) is 0 Å². The minimum absolute atomic E-state index is 0.413. The average Bonchev–Trinajstić information content (AvgIpc) is 2.34. The van der Waals surface area contributed by atoms with Gasteiger partial charge in [0.05, 0.1) is 11.7 Å². The summed E-state index contributed by atoms with van der Waals surface area (Å²) in [6.07, 6.45) is -0.169. The number of anilines is 1. The molecule has 0 bridgehead atoms. The van der Waals surface area contributed by atoms with Crippen LogP contribution in [-0.2, 0) is 16.1 Å². The molecule has 96 valence electrons. The van der Waals surface area contributed by atoms with Crippen LogP contribution in [0.1, 0.15) is 5.56 Å². The van der Waals surface area contributed by atoms with Crippen molar-refractivity contribution in [3.8, 4) is 0 Å². The van der Waals surface area contributed by atoms with Crippen LogP contribution in [0.25, 0.3) is 0 Å². The number of para-hydroxylation sites is 1. The van der Waals surface area contributed by atoms with Gasteiger partial charge in [-0.05, 0) is 18.1 Å². The number of amides is 2. The number of hydrogen-bond donors (Lipinski definition) is 1. The summed E-state index contributed by atoms with van der Waals surface area (Å²) in [7, 11) is 3.09. The first kappa shape index (κ1) is 12.4. The number of rotatable bonds is 1. The zero-order chi connectivity index (χ0) is 13.3. The summed E-state index contributed by atoms with van der Waals surface area (Å²) < 4.78 is 0. The standard InChI is InChI=1S/C12H15N3O3/c1-14(2)12(17)18-15-10-6-4-3-5-8(10)7-9(13)11(15)16/h3-6,9H,7,13H2,1-2H3. The fraction of sp³-hybridized carbons (Fsp3) is 0.333. The Morgan fingerprint density at radius 1 is 1.44 bits per heavy atom. The lowest BCUT2D eigenvalue weighted by atomic mass is 9.99. The number of hydrogen-bond acceptors (Lipinski definition) is 4. The molecular weight excluding hydrogens is 234 g/mol. The molecule has 1 aliphatic rings. The zero-order valence-corrected chi connectivity index (χ0v) is 10.3. The molecule has 1 atom stereocenters. The minimum atomic E-state index is -0.685. The number of benzene rings is 1. The second-order valence-electron chi connectivity index (χ2n) is 4.32. The van der Waals surface area contributed by atoms with Crippen molar-refractivity contribution in [3.63, 3.8) is 0 Å². The molecule has 1 aromatic rings. The van der Waals surface area contributed by atoms with Crippen molar-refractivity contribution in [1.29, 1.82) is 0 Å². The molecule has 6 nitrogen and oxygen atoms in total. The Balaban J connectivity index is 2.33. The highest BCUT2D eigenvalue weighted by Crippen LogP contribution is 2.27. The quantitative estimate of drug-likeness (QED) is 0.787. The average molecular weight is 249 g/mol. The van der Waals surface area contributed by atoms with E-state index in [9.17, 15) is 9.59 Å². The van der Waals surface area contributed by atoms with Crippen LogP contribution in [0.5, 0.6) is 0 Å². The minimum Gasteiger partial charge on any atom is -0.320 e. The molecule has 2 amide bonds. The summed E-state index contributed by atoms with van der Waals surface area (Å²) in [5.41, 5.74) is 7.19. The van der Waals surface area contributed by atoms with E-state index in [-0.39, 0.29) is 0 Å². The molecule has 0 aromatic heterocycles. The van der Waals surface area contributed by atoms with E-state index in [2.05, 4.69) is 0 Å². The van der Waals surface area contributed by atoms with Crippen LogP contribution in [-0.4, -0.2) is 37.0 Å². The third kappa shape index (κ3) is 2.14. The Kier molecular flexibility index (Phi) is 3.20. The topological polar surface area (TPSA) is 75.9 Å². The van der Waals surface area contributed by atoms with E-state index >= 15 is 0 Å². The maximum Gasteiger partial charge on any atom is 0.434 e. The van der Waals surface area contributed by atoms with Gasteiger partial charge in [-0.2, -0.15) is 0 Å². The molecule has 1 heterocycles. The van der Waals surface area contributed by atoms with Crippen molar-refractivity contribution in [3.05, 3.63) is 29.8 Å². The molecule has 18 heavy (non-hydrogen) atoms. The first-order valence-corrected chi connectivity index (χ1v) is 5.57. The van der Waals surface area contributed by atoms with Crippen molar-refractivity contribution < 1.29 is 14.4 Å². The number of nitrogens with zero attached hydrogens (tertiary/aromatic N) is 2.